The molecule has 2 heterocycles. The monoisotopic (exact) mass is 416 g/mol. The molecule has 1 aromatic heterocycles. The number of carbonyl (C=O) groups is 2. The van der Waals surface area contributed by atoms with Gasteiger partial charge in [0.1, 0.15) is 5.75 Å². The van der Waals surface area contributed by atoms with Gasteiger partial charge >= 0.3 is 0 Å². The Hall–Kier alpha value is -3.34. The fourth-order valence-electron chi connectivity index (χ4n) is 4.22. The van der Waals surface area contributed by atoms with E-state index in [0.29, 0.717) is 16.9 Å². The SMILES string of the molecule is Cn1cccc1[C@H]1CCCCCN1C(=O)COc1ccc(C(=O)c2ccccc2)cc1. The number of likely N-dealkylation sites (tertiary alicyclic amines) is 1. The van der Waals surface area contributed by atoms with Crippen molar-refractivity contribution in [3.63, 3.8) is 0 Å². The summed E-state index contributed by atoms with van der Waals surface area (Å²) < 4.78 is 7.89. The fraction of sp³-hybridized carbons (Fsp3) is 0.308. The highest BCUT2D eigenvalue weighted by molar-refractivity contribution is 6.08. The van der Waals surface area contributed by atoms with Gasteiger partial charge in [0.15, 0.2) is 12.4 Å². The summed E-state index contributed by atoms with van der Waals surface area (Å²) in [7, 11) is 2.03. The molecular weight excluding hydrogens is 388 g/mol. The zero-order chi connectivity index (χ0) is 21.6. The van der Waals surface area contributed by atoms with Crippen molar-refractivity contribution in [3.8, 4) is 5.75 Å². The van der Waals surface area contributed by atoms with Crippen molar-refractivity contribution in [1.82, 2.24) is 9.47 Å². The molecule has 1 aliphatic rings. The minimum absolute atomic E-state index is 0.00228. The van der Waals surface area contributed by atoms with E-state index in [2.05, 4.69) is 10.6 Å². The molecular formula is C26H28N2O3. The molecule has 1 amide bonds. The van der Waals surface area contributed by atoms with Crippen LogP contribution in [0.5, 0.6) is 5.75 Å². The number of aromatic nitrogens is 1. The number of benzene rings is 2. The van der Waals surface area contributed by atoms with Gasteiger partial charge in [0.25, 0.3) is 5.91 Å². The zero-order valence-electron chi connectivity index (χ0n) is 17.9. The van der Waals surface area contributed by atoms with Gasteiger partial charge in [0.05, 0.1) is 6.04 Å². The maximum Gasteiger partial charge on any atom is 0.261 e. The van der Waals surface area contributed by atoms with Crippen molar-refractivity contribution in [2.24, 2.45) is 7.05 Å². The Labute approximate surface area is 183 Å². The molecule has 0 saturated carbocycles. The summed E-state index contributed by atoms with van der Waals surface area (Å²) in [5.74, 6) is 0.555. The van der Waals surface area contributed by atoms with Gasteiger partial charge in [-0.25, -0.2) is 0 Å². The first-order valence-electron chi connectivity index (χ1n) is 10.9. The van der Waals surface area contributed by atoms with Crippen LogP contribution in [0.25, 0.3) is 0 Å². The third-order valence-electron chi connectivity index (χ3n) is 5.91. The van der Waals surface area contributed by atoms with Crippen LogP contribution in [0.2, 0.25) is 0 Å². The summed E-state index contributed by atoms with van der Waals surface area (Å²) in [4.78, 5) is 27.5. The van der Waals surface area contributed by atoms with Crippen LogP contribution in [0.3, 0.4) is 0 Å². The number of rotatable bonds is 6. The average Bonchev–Trinajstić information content (AvgIpc) is 3.08. The summed E-state index contributed by atoms with van der Waals surface area (Å²) in [5, 5.41) is 0. The van der Waals surface area contributed by atoms with Crippen LogP contribution in [-0.4, -0.2) is 34.3 Å². The number of amides is 1. The van der Waals surface area contributed by atoms with Gasteiger partial charge in [0.2, 0.25) is 0 Å². The number of ether oxygens (including phenoxy) is 1. The third kappa shape index (κ3) is 4.88. The highest BCUT2D eigenvalue weighted by atomic mass is 16.5. The second-order valence-electron chi connectivity index (χ2n) is 8.00. The molecule has 1 aliphatic heterocycles. The highest BCUT2D eigenvalue weighted by Gasteiger charge is 2.28. The number of hydrogen-bond donors (Lipinski definition) is 0. The van der Waals surface area contributed by atoms with Crippen molar-refractivity contribution in [1.29, 1.82) is 0 Å². The molecule has 1 saturated heterocycles. The first kappa shape index (κ1) is 20.9. The van der Waals surface area contributed by atoms with Gasteiger partial charge in [0, 0.05) is 36.6 Å². The van der Waals surface area contributed by atoms with Crippen molar-refractivity contribution in [2.45, 2.75) is 31.7 Å². The van der Waals surface area contributed by atoms with Gasteiger partial charge in [-0.05, 0) is 49.2 Å². The van der Waals surface area contributed by atoms with E-state index < -0.39 is 0 Å². The Morgan fingerprint density at radius 1 is 0.903 bits per heavy atom. The molecule has 1 fully saturated rings. The minimum Gasteiger partial charge on any atom is -0.484 e. The van der Waals surface area contributed by atoms with Crippen LogP contribution in [0, 0.1) is 0 Å². The van der Waals surface area contributed by atoms with Crippen molar-refractivity contribution >= 4 is 11.7 Å². The fourth-order valence-corrected chi connectivity index (χ4v) is 4.22. The molecule has 5 heteroatoms. The van der Waals surface area contributed by atoms with E-state index >= 15 is 0 Å². The lowest BCUT2D eigenvalue weighted by Gasteiger charge is -2.30. The lowest BCUT2D eigenvalue weighted by atomic mass is 10.0. The van der Waals surface area contributed by atoms with Gasteiger partial charge in [-0.15, -0.1) is 0 Å². The van der Waals surface area contributed by atoms with Crippen molar-refractivity contribution in [3.05, 3.63) is 89.7 Å². The maximum atomic E-state index is 13.0. The Morgan fingerprint density at radius 3 is 2.35 bits per heavy atom. The smallest absolute Gasteiger partial charge is 0.261 e. The molecule has 0 bridgehead atoms. The van der Waals surface area contributed by atoms with E-state index in [1.807, 2.05) is 42.4 Å². The second kappa shape index (κ2) is 9.65. The number of nitrogens with zero attached hydrogens (tertiary/aromatic N) is 2. The molecule has 0 unspecified atom stereocenters. The average molecular weight is 417 g/mol. The molecule has 0 radical (unpaired) electrons. The molecule has 4 rings (SSSR count). The number of aryl methyl sites for hydroxylation is 1. The summed E-state index contributed by atoms with van der Waals surface area (Å²) in [6, 6.07) is 20.4. The minimum atomic E-state index is -0.0294. The first-order valence-corrected chi connectivity index (χ1v) is 10.9. The lowest BCUT2D eigenvalue weighted by Crippen LogP contribution is -2.38. The summed E-state index contributed by atoms with van der Waals surface area (Å²) in [6.07, 6.45) is 6.28. The normalized spacial score (nSPS) is 16.5. The summed E-state index contributed by atoms with van der Waals surface area (Å²) in [5.41, 5.74) is 2.42. The van der Waals surface area contributed by atoms with E-state index in [0.717, 1.165) is 32.2 Å². The Kier molecular flexibility index (Phi) is 6.51. The largest absolute Gasteiger partial charge is 0.484 e. The van der Waals surface area contributed by atoms with Crippen molar-refractivity contribution < 1.29 is 14.3 Å². The third-order valence-corrected chi connectivity index (χ3v) is 5.91. The molecule has 5 nitrogen and oxygen atoms in total. The van der Waals surface area contributed by atoms with Crippen molar-refractivity contribution in [2.75, 3.05) is 13.2 Å². The molecule has 0 aliphatic carbocycles. The van der Waals surface area contributed by atoms with E-state index in [4.69, 9.17) is 4.74 Å². The Bertz CT molecular complexity index is 1020. The van der Waals surface area contributed by atoms with Crippen LogP contribution >= 0.6 is 0 Å². The molecule has 1 atom stereocenters. The Balaban J connectivity index is 1.40. The molecule has 3 aromatic rings. The summed E-state index contributed by atoms with van der Waals surface area (Å²) >= 11 is 0. The van der Waals surface area contributed by atoms with Crippen LogP contribution in [0.15, 0.2) is 72.9 Å². The molecule has 0 spiro atoms. The van der Waals surface area contributed by atoms with Gasteiger partial charge in [-0.1, -0.05) is 43.2 Å². The molecule has 160 valence electrons. The maximum absolute atomic E-state index is 13.0. The van der Waals surface area contributed by atoms with Gasteiger partial charge in [-0.2, -0.15) is 0 Å². The predicted molar refractivity (Wildman–Crippen MR) is 120 cm³/mol. The molecule has 2 aromatic carbocycles. The van der Waals surface area contributed by atoms with Crippen LogP contribution in [0.4, 0.5) is 0 Å². The predicted octanol–water partition coefficient (Wildman–Crippen LogP) is 4.78. The number of carbonyl (C=O) groups excluding carboxylic acids is 2. The van der Waals surface area contributed by atoms with Gasteiger partial charge in [-0.3, -0.25) is 9.59 Å². The van der Waals surface area contributed by atoms with E-state index in [1.165, 1.54) is 5.69 Å². The second-order valence-corrected chi connectivity index (χ2v) is 8.00. The quantitative estimate of drug-likeness (QED) is 0.544. The molecule has 0 N–H and O–H groups in total. The zero-order valence-corrected chi connectivity index (χ0v) is 17.9. The van der Waals surface area contributed by atoms with Crippen LogP contribution in [0.1, 0.15) is 53.3 Å². The van der Waals surface area contributed by atoms with Crippen LogP contribution in [-0.2, 0) is 11.8 Å². The highest BCUT2D eigenvalue weighted by Crippen LogP contribution is 2.30. The van der Waals surface area contributed by atoms with E-state index in [-0.39, 0.29) is 24.3 Å². The van der Waals surface area contributed by atoms with Crippen LogP contribution < -0.4 is 4.74 Å². The van der Waals surface area contributed by atoms with E-state index in [1.54, 1.807) is 36.4 Å². The standard InChI is InChI=1S/C26H28N2O3/c1-27-17-8-12-23(27)24-11-6-3-7-18-28(24)25(29)19-31-22-15-13-21(14-16-22)26(30)20-9-4-2-5-10-20/h2,4-5,8-10,12-17,24H,3,6-7,11,18-19H2,1H3/t24-/m1/s1. The lowest BCUT2D eigenvalue weighted by molar-refractivity contribution is -0.136. The number of ketones is 1. The Morgan fingerprint density at radius 2 is 1.65 bits per heavy atom. The molecule has 31 heavy (non-hydrogen) atoms. The summed E-state index contributed by atoms with van der Waals surface area (Å²) in [6.45, 7) is 0.745. The first-order chi connectivity index (χ1) is 15.1. The van der Waals surface area contributed by atoms with E-state index in [9.17, 15) is 9.59 Å². The number of hydrogen-bond acceptors (Lipinski definition) is 3. The topological polar surface area (TPSA) is 51.5 Å². The van der Waals surface area contributed by atoms with Gasteiger partial charge < -0.3 is 14.2 Å².